The van der Waals surface area contributed by atoms with Crippen LogP contribution in [0.1, 0.15) is 11.9 Å². The molecule has 2 rings (SSSR count). The van der Waals surface area contributed by atoms with Gasteiger partial charge in [0.25, 0.3) is 0 Å². The molecule has 0 spiro atoms. The molecule has 5 heteroatoms. The number of hydrogen-bond donors (Lipinski definition) is 0. The minimum Gasteiger partial charge on any atom is -0.241 e. The molecule has 0 fully saturated rings. The van der Waals surface area contributed by atoms with E-state index in [9.17, 15) is 0 Å². The Labute approximate surface area is 84.8 Å². The number of rotatable bonds is 2. The summed E-state index contributed by atoms with van der Waals surface area (Å²) in [6.07, 6.45) is 0.941. The van der Waals surface area contributed by atoms with Gasteiger partial charge in [-0.1, -0.05) is 18.1 Å². The number of nitrogens with zero attached hydrogens (tertiary/aromatic N) is 4. The molecule has 0 amide bonds. The molecule has 0 saturated carbocycles. The number of benzene rings is 1. The fraction of sp³-hybridized carbons (Fsp3) is 0.222. The first kappa shape index (κ1) is 8.99. The fourth-order valence-corrected chi connectivity index (χ4v) is 2.17. The van der Waals surface area contributed by atoms with E-state index in [-0.39, 0.29) is 0 Å². The second-order valence-corrected chi connectivity index (χ2v) is 3.92. The summed E-state index contributed by atoms with van der Waals surface area (Å²) in [6.45, 7) is 2.08. The van der Waals surface area contributed by atoms with Gasteiger partial charge in [0, 0.05) is 10.6 Å². The number of azide groups is 1. The highest BCUT2D eigenvalue weighted by atomic mass is 32.1. The number of fused-ring (bicyclic) bond motifs is 1. The summed E-state index contributed by atoms with van der Waals surface area (Å²) in [7, 11) is 0. The van der Waals surface area contributed by atoms with Crippen molar-refractivity contribution in [2.45, 2.75) is 13.3 Å². The van der Waals surface area contributed by atoms with Crippen molar-refractivity contribution in [3.05, 3.63) is 33.6 Å². The van der Waals surface area contributed by atoms with Gasteiger partial charge in [-0.2, -0.15) is 0 Å². The van der Waals surface area contributed by atoms with Crippen molar-refractivity contribution in [3.63, 3.8) is 0 Å². The number of hydrogen-bond acceptors (Lipinski definition) is 3. The van der Waals surface area contributed by atoms with Crippen LogP contribution in [0.5, 0.6) is 0 Å². The average Bonchev–Trinajstić information content (AvgIpc) is 2.60. The maximum atomic E-state index is 8.29. The minimum atomic E-state index is 0.645. The molecule has 1 heterocycles. The van der Waals surface area contributed by atoms with Crippen LogP contribution in [-0.4, -0.2) is 4.98 Å². The molecule has 0 unspecified atom stereocenters. The maximum Gasteiger partial charge on any atom is 0.0935 e. The lowest BCUT2D eigenvalue weighted by molar-refractivity contribution is 1.11. The molecule has 0 aliphatic heterocycles. The zero-order valence-electron chi connectivity index (χ0n) is 7.64. The van der Waals surface area contributed by atoms with E-state index in [2.05, 4.69) is 21.9 Å². The average molecular weight is 204 g/mol. The van der Waals surface area contributed by atoms with Crippen LogP contribution in [0.4, 0.5) is 5.69 Å². The molecule has 0 aliphatic carbocycles. The lowest BCUT2D eigenvalue weighted by Gasteiger charge is -1.89. The summed E-state index contributed by atoms with van der Waals surface area (Å²) in [5.41, 5.74) is 9.91. The standard InChI is InChI=1S/C9H8N4S/c1-2-9-11-7-4-3-6(12-13-10)5-8(7)14-9/h3-5H,2H2,1H3. The van der Waals surface area contributed by atoms with Gasteiger partial charge in [0.15, 0.2) is 0 Å². The number of aromatic nitrogens is 1. The Hall–Kier alpha value is -1.58. The summed E-state index contributed by atoms with van der Waals surface area (Å²) >= 11 is 1.64. The molecule has 14 heavy (non-hydrogen) atoms. The first-order valence-corrected chi connectivity index (χ1v) is 5.09. The van der Waals surface area contributed by atoms with Gasteiger partial charge in [-0.05, 0) is 24.1 Å². The van der Waals surface area contributed by atoms with Crippen molar-refractivity contribution >= 4 is 27.2 Å². The van der Waals surface area contributed by atoms with Gasteiger partial charge < -0.3 is 0 Å². The zero-order chi connectivity index (χ0) is 9.97. The molecular weight excluding hydrogens is 196 g/mol. The van der Waals surface area contributed by atoms with E-state index >= 15 is 0 Å². The quantitative estimate of drug-likeness (QED) is 0.417. The van der Waals surface area contributed by atoms with Crippen LogP contribution < -0.4 is 0 Å². The van der Waals surface area contributed by atoms with Gasteiger partial charge >= 0.3 is 0 Å². The highest BCUT2D eigenvalue weighted by molar-refractivity contribution is 7.18. The zero-order valence-corrected chi connectivity index (χ0v) is 8.45. The lowest BCUT2D eigenvalue weighted by atomic mass is 10.3. The third-order valence-electron chi connectivity index (χ3n) is 1.88. The summed E-state index contributed by atoms with van der Waals surface area (Å²) in [5.74, 6) is 0. The Kier molecular flexibility index (Phi) is 2.35. The molecule has 0 bridgehead atoms. The van der Waals surface area contributed by atoms with Gasteiger partial charge in [0.05, 0.1) is 15.2 Å². The lowest BCUT2D eigenvalue weighted by Crippen LogP contribution is -1.73. The Bertz CT molecular complexity index is 511. The highest BCUT2D eigenvalue weighted by Crippen LogP contribution is 2.26. The third-order valence-corrected chi connectivity index (χ3v) is 3.04. The summed E-state index contributed by atoms with van der Waals surface area (Å²) in [6, 6.07) is 5.53. The second kappa shape index (κ2) is 3.65. The van der Waals surface area contributed by atoms with Gasteiger partial charge in [0.1, 0.15) is 0 Å². The van der Waals surface area contributed by atoms with E-state index in [4.69, 9.17) is 5.53 Å². The summed E-state index contributed by atoms with van der Waals surface area (Å²) in [5, 5.41) is 4.66. The van der Waals surface area contributed by atoms with E-state index < -0.39 is 0 Å². The van der Waals surface area contributed by atoms with E-state index in [1.807, 2.05) is 12.1 Å². The van der Waals surface area contributed by atoms with Crippen LogP contribution in [0.15, 0.2) is 23.3 Å². The van der Waals surface area contributed by atoms with Crippen LogP contribution in [0.25, 0.3) is 20.7 Å². The van der Waals surface area contributed by atoms with Crippen molar-refractivity contribution in [3.8, 4) is 0 Å². The predicted molar refractivity (Wildman–Crippen MR) is 57.8 cm³/mol. The van der Waals surface area contributed by atoms with Crippen LogP contribution >= 0.6 is 11.3 Å². The smallest absolute Gasteiger partial charge is 0.0935 e. The van der Waals surface area contributed by atoms with Gasteiger partial charge in [-0.3, -0.25) is 0 Å². The molecule has 1 aromatic heterocycles. The number of aryl methyl sites for hydroxylation is 1. The normalized spacial score (nSPS) is 10.1. The highest BCUT2D eigenvalue weighted by Gasteiger charge is 2.01. The molecule has 2 aromatic rings. The SMILES string of the molecule is CCc1nc2ccc(N=[N+]=[N-])cc2s1. The van der Waals surface area contributed by atoms with Crippen molar-refractivity contribution < 1.29 is 0 Å². The van der Waals surface area contributed by atoms with Gasteiger partial charge in [-0.15, -0.1) is 11.3 Å². The molecule has 0 aliphatic rings. The second-order valence-electron chi connectivity index (χ2n) is 2.80. The first-order chi connectivity index (χ1) is 6.83. The largest absolute Gasteiger partial charge is 0.241 e. The maximum absolute atomic E-state index is 8.29. The first-order valence-electron chi connectivity index (χ1n) is 4.28. The van der Waals surface area contributed by atoms with Crippen LogP contribution in [0, 0.1) is 0 Å². The Morgan fingerprint density at radius 2 is 2.43 bits per heavy atom. The third kappa shape index (κ3) is 1.55. The molecule has 1 aromatic carbocycles. The van der Waals surface area contributed by atoms with Gasteiger partial charge in [-0.25, -0.2) is 4.98 Å². The van der Waals surface area contributed by atoms with Crippen molar-refractivity contribution in [2.24, 2.45) is 5.11 Å². The topological polar surface area (TPSA) is 61.7 Å². The van der Waals surface area contributed by atoms with Crippen LogP contribution in [0.2, 0.25) is 0 Å². The van der Waals surface area contributed by atoms with Gasteiger partial charge in [0.2, 0.25) is 0 Å². The minimum absolute atomic E-state index is 0.645. The molecule has 0 radical (unpaired) electrons. The molecule has 70 valence electrons. The molecule has 0 saturated heterocycles. The van der Waals surface area contributed by atoms with Crippen molar-refractivity contribution in [1.82, 2.24) is 4.98 Å². The van der Waals surface area contributed by atoms with Crippen LogP contribution in [-0.2, 0) is 6.42 Å². The Balaban J connectivity index is 2.59. The van der Waals surface area contributed by atoms with Crippen molar-refractivity contribution in [1.29, 1.82) is 0 Å². The summed E-state index contributed by atoms with van der Waals surface area (Å²) in [4.78, 5) is 7.17. The van der Waals surface area contributed by atoms with Crippen LogP contribution in [0.3, 0.4) is 0 Å². The molecule has 4 nitrogen and oxygen atoms in total. The molecule has 0 atom stereocenters. The predicted octanol–water partition coefficient (Wildman–Crippen LogP) is 3.80. The summed E-state index contributed by atoms with van der Waals surface area (Å²) < 4.78 is 1.08. The Morgan fingerprint density at radius 3 is 3.14 bits per heavy atom. The fourth-order valence-electron chi connectivity index (χ4n) is 1.23. The van der Waals surface area contributed by atoms with E-state index in [0.717, 1.165) is 21.6 Å². The number of thiazole rings is 1. The van der Waals surface area contributed by atoms with E-state index in [0.29, 0.717) is 5.69 Å². The van der Waals surface area contributed by atoms with Crippen molar-refractivity contribution in [2.75, 3.05) is 0 Å². The van der Waals surface area contributed by atoms with E-state index in [1.54, 1.807) is 17.4 Å². The monoisotopic (exact) mass is 204 g/mol. The Morgan fingerprint density at radius 1 is 1.57 bits per heavy atom. The van der Waals surface area contributed by atoms with E-state index in [1.165, 1.54) is 0 Å². The molecule has 0 N–H and O–H groups in total. The molecular formula is C9H8N4S.